The Morgan fingerprint density at radius 3 is 2.65 bits per heavy atom. The third-order valence-electron chi connectivity index (χ3n) is 3.66. The molecule has 114 valence electrons. The van der Waals surface area contributed by atoms with Crippen molar-refractivity contribution in [1.82, 2.24) is 4.98 Å². The van der Waals surface area contributed by atoms with Crippen molar-refractivity contribution in [2.45, 2.75) is 6.42 Å². The van der Waals surface area contributed by atoms with E-state index in [1.165, 1.54) is 18.3 Å². The summed E-state index contributed by atoms with van der Waals surface area (Å²) in [5.74, 6) is -1.05. The lowest BCUT2D eigenvalue weighted by Crippen LogP contribution is -2.10. The summed E-state index contributed by atoms with van der Waals surface area (Å²) < 4.78 is 0. The molecule has 0 unspecified atom stereocenters. The number of pyridine rings is 1. The van der Waals surface area contributed by atoms with Gasteiger partial charge in [0, 0.05) is 12.6 Å². The van der Waals surface area contributed by atoms with Crippen molar-refractivity contribution in [1.29, 1.82) is 0 Å². The third kappa shape index (κ3) is 3.03. The molecule has 3 aromatic rings. The zero-order chi connectivity index (χ0) is 16.2. The average molecular weight is 306 g/mol. The van der Waals surface area contributed by atoms with Gasteiger partial charge in [0.05, 0.1) is 11.3 Å². The van der Waals surface area contributed by atoms with Gasteiger partial charge in [-0.3, -0.25) is 4.98 Å². The molecule has 0 saturated heterocycles. The van der Waals surface area contributed by atoms with Crippen LogP contribution in [0.2, 0.25) is 0 Å². The standard InChI is InChI=1S/C18H14N2O3/c21-18(22)14-8-9-19-16(11-14)17(20-23)10-13-6-3-5-12-4-1-2-7-15(12)13/h1-9,11,23H,10H2,(H,21,22)/b20-17+. The second-order valence-corrected chi connectivity index (χ2v) is 5.10. The minimum atomic E-state index is -1.05. The molecule has 5 nitrogen and oxygen atoms in total. The highest BCUT2D eigenvalue weighted by Crippen LogP contribution is 2.20. The summed E-state index contributed by atoms with van der Waals surface area (Å²) in [6, 6.07) is 16.6. The first-order chi connectivity index (χ1) is 11.2. The van der Waals surface area contributed by atoms with Crippen LogP contribution in [0.25, 0.3) is 10.8 Å². The summed E-state index contributed by atoms with van der Waals surface area (Å²) in [6.45, 7) is 0. The normalized spacial score (nSPS) is 11.6. The number of fused-ring (bicyclic) bond motifs is 1. The van der Waals surface area contributed by atoms with Crippen LogP contribution in [-0.4, -0.2) is 27.0 Å². The Bertz CT molecular complexity index is 898. The number of hydrogen-bond donors (Lipinski definition) is 2. The van der Waals surface area contributed by atoms with E-state index in [1.54, 1.807) is 0 Å². The Labute approximate surface area is 132 Å². The highest BCUT2D eigenvalue weighted by molar-refractivity contribution is 6.03. The minimum Gasteiger partial charge on any atom is -0.478 e. The molecule has 2 N–H and O–H groups in total. The van der Waals surface area contributed by atoms with Gasteiger partial charge in [-0.1, -0.05) is 47.6 Å². The molecule has 0 saturated carbocycles. The average Bonchev–Trinajstić information content (AvgIpc) is 2.60. The summed E-state index contributed by atoms with van der Waals surface area (Å²) in [7, 11) is 0. The molecule has 0 aliphatic rings. The Kier molecular flexibility index (Phi) is 4.01. The van der Waals surface area contributed by atoms with Gasteiger partial charge in [-0.2, -0.15) is 0 Å². The predicted molar refractivity (Wildman–Crippen MR) is 87.2 cm³/mol. The van der Waals surface area contributed by atoms with E-state index in [0.717, 1.165) is 16.3 Å². The molecule has 0 amide bonds. The Hall–Kier alpha value is -3.21. The van der Waals surface area contributed by atoms with Crippen molar-refractivity contribution >= 4 is 22.5 Å². The van der Waals surface area contributed by atoms with Crippen LogP contribution in [0.4, 0.5) is 0 Å². The number of oxime groups is 1. The minimum absolute atomic E-state index is 0.106. The maximum absolute atomic E-state index is 11.1. The topological polar surface area (TPSA) is 82.8 Å². The molecule has 2 aromatic carbocycles. The van der Waals surface area contributed by atoms with E-state index < -0.39 is 5.97 Å². The van der Waals surface area contributed by atoms with Gasteiger partial charge >= 0.3 is 5.97 Å². The number of rotatable bonds is 4. The number of aromatic carboxylic acids is 1. The van der Waals surface area contributed by atoms with Crippen molar-refractivity contribution in [3.63, 3.8) is 0 Å². The summed E-state index contributed by atoms with van der Waals surface area (Å²) in [4.78, 5) is 15.2. The van der Waals surface area contributed by atoms with Crippen LogP contribution < -0.4 is 0 Å². The van der Waals surface area contributed by atoms with Gasteiger partial charge in [-0.05, 0) is 28.5 Å². The van der Waals surface area contributed by atoms with Crippen molar-refractivity contribution in [2.75, 3.05) is 0 Å². The fraction of sp³-hybridized carbons (Fsp3) is 0.0556. The van der Waals surface area contributed by atoms with E-state index >= 15 is 0 Å². The first-order valence-corrected chi connectivity index (χ1v) is 7.06. The van der Waals surface area contributed by atoms with E-state index in [1.807, 2.05) is 42.5 Å². The molecule has 23 heavy (non-hydrogen) atoms. The van der Waals surface area contributed by atoms with Crippen LogP contribution >= 0.6 is 0 Å². The van der Waals surface area contributed by atoms with Gasteiger partial charge in [0.1, 0.15) is 5.71 Å². The van der Waals surface area contributed by atoms with Gasteiger partial charge in [0.2, 0.25) is 0 Å². The van der Waals surface area contributed by atoms with Crippen LogP contribution in [0.5, 0.6) is 0 Å². The number of hydrogen-bond acceptors (Lipinski definition) is 4. The van der Waals surface area contributed by atoms with Gasteiger partial charge < -0.3 is 10.3 Å². The van der Waals surface area contributed by atoms with Crippen molar-refractivity contribution < 1.29 is 15.1 Å². The van der Waals surface area contributed by atoms with Gasteiger partial charge in [0.25, 0.3) is 0 Å². The van der Waals surface area contributed by atoms with Crippen molar-refractivity contribution in [2.24, 2.45) is 5.16 Å². The van der Waals surface area contributed by atoms with Gasteiger partial charge in [0.15, 0.2) is 0 Å². The van der Waals surface area contributed by atoms with Crippen molar-refractivity contribution in [3.8, 4) is 0 Å². The zero-order valence-electron chi connectivity index (χ0n) is 12.2. The van der Waals surface area contributed by atoms with Crippen LogP contribution in [-0.2, 0) is 6.42 Å². The highest BCUT2D eigenvalue weighted by Gasteiger charge is 2.12. The molecule has 0 atom stereocenters. The molecule has 5 heteroatoms. The van der Waals surface area contributed by atoms with E-state index in [2.05, 4.69) is 10.1 Å². The maximum atomic E-state index is 11.1. The summed E-state index contributed by atoms with van der Waals surface area (Å²) in [5.41, 5.74) is 1.76. The van der Waals surface area contributed by atoms with Crippen LogP contribution in [0.1, 0.15) is 21.6 Å². The van der Waals surface area contributed by atoms with Crippen molar-refractivity contribution in [3.05, 3.63) is 77.6 Å². The first-order valence-electron chi connectivity index (χ1n) is 7.06. The largest absolute Gasteiger partial charge is 0.478 e. The summed E-state index contributed by atoms with van der Waals surface area (Å²) >= 11 is 0. The summed E-state index contributed by atoms with van der Waals surface area (Å²) in [6.07, 6.45) is 1.75. The monoisotopic (exact) mass is 306 g/mol. The van der Waals surface area contributed by atoms with Crippen LogP contribution in [0.15, 0.2) is 65.9 Å². The second-order valence-electron chi connectivity index (χ2n) is 5.10. The number of aromatic nitrogens is 1. The molecule has 0 fully saturated rings. The molecule has 0 bridgehead atoms. The Balaban J connectivity index is 1.99. The number of benzene rings is 2. The molecule has 3 rings (SSSR count). The van der Waals surface area contributed by atoms with Crippen LogP contribution in [0, 0.1) is 0 Å². The predicted octanol–water partition coefficient (Wildman–Crippen LogP) is 3.35. The summed E-state index contributed by atoms with van der Waals surface area (Å²) in [5, 5.41) is 23.9. The SMILES string of the molecule is O=C(O)c1ccnc(/C(Cc2cccc3ccccc23)=N/O)c1. The maximum Gasteiger partial charge on any atom is 0.335 e. The Morgan fingerprint density at radius 2 is 1.87 bits per heavy atom. The zero-order valence-corrected chi connectivity index (χ0v) is 12.2. The number of nitrogens with zero attached hydrogens (tertiary/aromatic N) is 2. The van der Waals surface area contributed by atoms with Gasteiger partial charge in [-0.15, -0.1) is 0 Å². The molecule has 1 aromatic heterocycles. The molecule has 1 heterocycles. The van der Waals surface area contributed by atoms with E-state index in [-0.39, 0.29) is 5.56 Å². The smallest absolute Gasteiger partial charge is 0.335 e. The number of carboxylic acids is 1. The molecule has 0 radical (unpaired) electrons. The second kappa shape index (κ2) is 6.27. The lowest BCUT2D eigenvalue weighted by molar-refractivity contribution is 0.0696. The lowest BCUT2D eigenvalue weighted by Gasteiger charge is -2.08. The first kappa shape index (κ1) is 14.7. The number of carbonyl (C=O) groups is 1. The third-order valence-corrected chi connectivity index (χ3v) is 3.66. The van der Waals surface area contributed by atoms with E-state index in [4.69, 9.17) is 5.11 Å². The van der Waals surface area contributed by atoms with E-state index in [9.17, 15) is 10.0 Å². The highest BCUT2D eigenvalue weighted by atomic mass is 16.4. The fourth-order valence-electron chi connectivity index (χ4n) is 2.53. The molecular weight excluding hydrogens is 292 g/mol. The van der Waals surface area contributed by atoms with Crippen LogP contribution in [0.3, 0.4) is 0 Å². The molecular formula is C18H14N2O3. The lowest BCUT2D eigenvalue weighted by atomic mass is 9.98. The van der Waals surface area contributed by atoms with Gasteiger partial charge in [-0.25, -0.2) is 4.79 Å². The molecule has 0 spiro atoms. The number of carboxylic acid groups (broad SMARTS) is 1. The molecule has 0 aliphatic heterocycles. The molecule has 0 aliphatic carbocycles. The van der Waals surface area contributed by atoms with E-state index in [0.29, 0.717) is 17.8 Å². The quantitative estimate of drug-likeness (QED) is 0.440. The fourth-order valence-corrected chi connectivity index (χ4v) is 2.53. The Morgan fingerprint density at radius 1 is 1.09 bits per heavy atom.